The Balaban J connectivity index is 2.06. The number of nitrogens with zero attached hydrogens (tertiary/aromatic N) is 2. The van der Waals surface area contributed by atoms with E-state index in [-0.39, 0.29) is 23.8 Å². The second-order valence-electron chi connectivity index (χ2n) is 5.87. The molecule has 0 radical (unpaired) electrons. The van der Waals surface area contributed by atoms with Crippen LogP contribution >= 0.6 is 0 Å². The molecular weight excluding hydrogens is 269 g/mol. The van der Waals surface area contributed by atoms with Crippen molar-refractivity contribution in [2.24, 2.45) is 0 Å². The molecule has 2 unspecified atom stereocenters. The summed E-state index contributed by atoms with van der Waals surface area (Å²) < 4.78 is 13.0. The minimum Gasteiger partial charge on any atom is -0.347 e. The Hall–Kier alpha value is -1.46. The molecule has 2 rings (SSSR count). The van der Waals surface area contributed by atoms with Crippen LogP contribution in [0, 0.1) is 5.82 Å². The minimum atomic E-state index is -0.214. The zero-order chi connectivity index (χ0) is 15.4. The van der Waals surface area contributed by atoms with E-state index >= 15 is 0 Å². The molecule has 0 aromatic heterocycles. The van der Waals surface area contributed by atoms with Gasteiger partial charge in [0.25, 0.3) is 0 Å². The number of nitrogens with one attached hydrogen (secondary N) is 1. The van der Waals surface area contributed by atoms with E-state index in [9.17, 15) is 9.18 Å². The highest BCUT2D eigenvalue weighted by Gasteiger charge is 2.32. The molecule has 116 valence electrons. The molecule has 1 heterocycles. The number of piperazine rings is 1. The Bertz CT molecular complexity index is 475. The van der Waals surface area contributed by atoms with Crippen LogP contribution in [0.25, 0.3) is 0 Å². The van der Waals surface area contributed by atoms with Gasteiger partial charge in [0, 0.05) is 39.8 Å². The summed E-state index contributed by atoms with van der Waals surface area (Å²) in [5, 5.41) is 3.29. The molecule has 1 aliphatic rings. The molecule has 0 saturated carbocycles. The molecule has 0 spiro atoms. The zero-order valence-corrected chi connectivity index (χ0v) is 13.0. The van der Waals surface area contributed by atoms with E-state index in [4.69, 9.17) is 0 Å². The Morgan fingerprint density at radius 3 is 2.71 bits per heavy atom. The summed E-state index contributed by atoms with van der Waals surface area (Å²) in [7, 11) is 3.58. The Kier molecular flexibility index (Phi) is 5.31. The Labute approximate surface area is 125 Å². The molecule has 1 aromatic rings. The third-order valence-electron chi connectivity index (χ3n) is 4.02. The van der Waals surface area contributed by atoms with Crippen LogP contribution < -0.4 is 5.32 Å². The molecule has 1 aromatic carbocycles. The lowest BCUT2D eigenvalue weighted by atomic mass is 10.0. The highest BCUT2D eigenvalue weighted by Crippen LogP contribution is 2.15. The van der Waals surface area contributed by atoms with Gasteiger partial charge in [0.15, 0.2) is 0 Å². The second kappa shape index (κ2) is 7.00. The van der Waals surface area contributed by atoms with Crippen molar-refractivity contribution >= 4 is 5.91 Å². The fourth-order valence-electron chi connectivity index (χ4n) is 2.85. The number of amides is 1. The summed E-state index contributed by atoms with van der Waals surface area (Å²) in [5.41, 5.74) is 1.10. The normalized spacial score (nSPS) is 21.0. The van der Waals surface area contributed by atoms with Gasteiger partial charge in [-0.25, -0.2) is 4.39 Å². The van der Waals surface area contributed by atoms with Gasteiger partial charge in [-0.3, -0.25) is 9.69 Å². The molecule has 2 atom stereocenters. The van der Waals surface area contributed by atoms with Gasteiger partial charge >= 0.3 is 0 Å². The van der Waals surface area contributed by atoms with Crippen LogP contribution in [0.2, 0.25) is 0 Å². The summed E-state index contributed by atoms with van der Waals surface area (Å²) in [5.74, 6) is -0.0811. The van der Waals surface area contributed by atoms with Crippen molar-refractivity contribution in [3.05, 3.63) is 35.6 Å². The maximum absolute atomic E-state index is 13.0. The van der Waals surface area contributed by atoms with E-state index in [0.29, 0.717) is 6.54 Å². The highest BCUT2D eigenvalue weighted by molar-refractivity contribution is 5.81. The first-order valence-electron chi connectivity index (χ1n) is 7.41. The van der Waals surface area contributed by atoms with Crippen molar-refractivity contribution in [2.75, 3.05) is 33.7 Å². The zero-order valence-electron chi connectivity index (χ0n) is 13.0. The largest absolute Gasteiger partial charge is 0.347 e. The van der Waals surface area contributed by atoms with Gasteiger partial charge in [-0.1, -0.05) is 12.1 Å². The molecule has 5 heteroatoms. The minimum absolute atomic E-state index is 0.121. The summed E-state index contributed by atoms with van der Waals surface area (Å²) >= 11 is 0. The number of halogens is 1. The standard InChI is InChI=1S/C16H24FN3O/c1-12(10-13-4-6-14(17)7-5-13)20-9-8-18-11-15(20)16(21)19(2)3/h4-7,12,15,18H,8-11H2,1-3H3. The van der Waals surface area contributed by atoms with E-state index in [2.05, 4.69) is 17.1 Å². The fraction of sp³-hybridized carbons (Fsp3) is 0.562. The number of carbonyl (C=O) groups is 1. The topological polar surface area (TPSA) is 35.6 Å². The monoisotopic (exact) mass is 293 g/mol. The molecule has 1 amide bonds. The van der Waals surface area contributed by atoms with Crippen molar-refractivity contribution < 1.29 is 9.18 Å². The van der Waals surface area contributed by atoms with E-state index in [1.54, 1.807) is 19.0 Å². The predicted octanol–water partition coefficient (Wildman–Crippen LogP) is 1.12. The van der Waals surface area contributed by atoms with Gasteiger partial charge in [-0.2, -0.15) is 0 Å². The Morgan fingerprint density at radius 2 is 2.10 bits per heavy atom. The molecule has 1 aliphatic heterocycles. The maximum Gasteiger partial charge on any atom is 0.240 e. The molecule has 1 N–H and O–H groups in total. The second-order valence-corrected chi connectivity index (χ2v) is 5.87. The van der Waals surface area contributed by atoms with Crippen LogP contribution in [-0.2, 0) is 11.2 Å². The SMILES string of the molecule is CC(Cc1ccc(F)cc1)N1CCNCC1C(=O)N(C)C. The van der Waals surface area contributed by atoms with Crippen LogP contribution in [0.1, 0.15) is 12.5 Å². The smallest absolute Gasteiger partial charge is 0.240 e. The third-order valence-corrected chi connectivity index (χ3v) is 4.02. The van der Waals surface area contributed by atoms with Crippen LogP contribution in [0.4, 0.5) is 4.39 Å². The van der Waals surface area contributed by atoms with E-state index in [1.165, 1.54) is 12.1 Å². The lowest BCUT2D eigenvalue weighted by molar-refractivity contribution is -0.136. The lowest BCUT2D eigenvalue weighted by Crippen LogP contribution is -2.60. The third kappa shape index (κ3) is 4.02. The van der Waals surface area contributed by atoms with E-state index < -0.39 is 0 Å². The molecule has 0 bridgehead atoms. The van der Waals surface area contributed by atoms with Gasteiger partial charge in [0.1, 0.15) is 11.9 Å². The number of carbonyl (C=O) groups excluding carboxylic acids is 1. The first-order valence-corrected chi connectivity index (χ1v) is 7.41. The van der Waals surface area contributed by atoms with Gasteiger partial charge in [-0.15, -0.1) is 0 Å². The summed E-state index contributed by atoms with van der Waals surface area (Å²) in [6, 6.07) is 6.73. The van der Waals surface area contributed by atoms with Crippen LogP contribution in [0.3, 0.4) is 0 Å². The number of hydrogen-bond donors (Lipinski definition) is 1. The van der Waals surface area contributed by atoms with Crippen LogP contribution in [0.5, 0.6) is 0 Å². The van der Waals surface area contributed by atoms with Crippen LogP contribution in [-0.4, -0.2) is 61.5 Å². The molecule has 1 saturated heterocycles. The van der Waals surface area contributed by atoms with Gasteiger partial charge in [0.2, 0.25) is 5.91 Å². The number of rotatable bonds is 4. The molecule has 21 heavy (non-hydrogen) atoms. The molecule has 4 nitrogen and oxygen atoms in total. The summed E-state index contributed by atoms with van der Waals surface area (Å²) in [6.45, 7) is 4.56. The number of likely N-dealkylation sites (N-methyl/N-ethyl adjacent to an activating group) is 1. The predicted molar refractivity (Wildman–Crippen MR) is 81.6 cm³/mol. The fourth-order valence-corrected chi connectivity index (χ4v) is 2.85. The Morgan fingerprint density at radius 1 is 1.43 bits per heavy atom. The molecule has 0 aliphatic carbocycles. The average molecular weight is 293 g/mol. The summed E-state index contributed by atoms with van der Waals surface area (Å²) in [4.78, 5) is 16.2. The van der Waals surface area contributed by atoms with Gasteiger partial charge in [0.05, 0.1) is 0 Å². The van der Waals surface area contributed by atoms with Gasteiger partial charge < -0.3 is 10.2 Å². The van der Waals surface area contributed by atoms with Crippen LogP contribution in [0.15, 0.2) is 24.3 Å². The van der Waals surface area contributed by atoms with Crippen molar-refractivity contribution in [3.63, 3.8) is 0 Å². The van der Waals surface area contributed by atoms with E-state index in [1.807, 2.05) is 12.1 Å². The number of benzene rings is 1. The van der Waals surface area contributed by atoms with Crippen molar-refractivity contribution in [3.8, 4) is 0 Å². The number of hydrogen-bond acceptors (Lipinski definition) is 3. The molecule has 1 fully saturated rings. The first-order chi connectivity index (χ1) is 9.99. The first kappa shape index (κ1) is 15.9. The highest BCUT2D eigenvalue weighted by atomic mass is 19.1. The van der Waals surface area contributed by atoms with E-state index in [0.717, 1.165) is 25.1 Å². The lowest BCUT2D eigenvalue weighted by Gasteiger charge is -2.40. The average Bonchev–Trinajstić information content (AvgIpc) is 2.48. The maximum atomic E-state index is 13.0. The van der Waals surface area contributed by atoms with Crippen molar-refractivity contribution in [2.45, 2.75) is 25.4 Å². The van der Waals surface area contributed by atoms with Crippen molar-refractivity contribution in [1.29, 1.82) is 0 Å². The molecular formula is C16H24FN3O. The van der Waals surface area contributed by atoms with Gasteiger partial charge in [-0.05, 0) is 31.0 Å². The quantitative estimate of drug-likeness (QED) is 0.903. The van der Waals surface area contributed by atoms with Crippen molar-refractivity contribution in [1.82, 2.24) is 15.1 Å². The summed E-state index contributed by atoms with van der Waals surface area (Å²) in [6.07, 6.45) is 0.817.